The van der Waals surface area contributed by atoms with E-state index in [0.717, 1.165) is 56.9 Å². The minimum Gasteiger partial charge on any atom is -0.345 e. The van der Waals surface area contributed by atoms with E-state index in [1.54, 1.807) is 29.4 Å². The van der Waals surface area contributed by atoms with Crippen molar-refractivity contribution in [3.63, 3.8) is 0 Å². The summed E-state index contributed by atoms with van der Waals surface area (Å²) in [5, 5.41) is 11.4. The number of carbonyl (C=O) groups is 6. The van der Waals surface area contributed by atoms with Crippen molar-refractivity contribution in [2.24, 2.45) is 23.2 Å². The van der Waals surface area contributed by atoms with Gasteiger partial charge < -0.3 is 26.2 Å². The first-order valence-electron chi connectivity index (χ1n) is 19.1. The van der Waals surface area contributed by atoms with Gasteiger partial charge in [-0.1, -0.05) is 65.9 Å². The van der Waals surface area contributed by atoms with Crippen LogP contribution in [0.25, 0.3) is 0 Å². The lowest BCUT2D eigenvalue weighted by atomic mass is 9.82. The average Bonchev–Trinajstić information content (AvgIpc) is 3.77. The van der Waals surface area contributed by atoms with E-state index in [1.807, 2.05) is 27.7 Å². The van der Waals surface area contributed by atoms with Gasteiger partial charge in [-0.05, 0) is 66.9 Å². The summed E-state index contributed by atoms with van der Waals surface area (Å²) >= 11 is 0. The van der Waals surface area contributed by atoms with Gasteiger partial charge in [-0.25, -0.2) is 4.98 Å². The molecule has 4 N–H and O–H groups in total. The number of Topliss-reactive ketones (excluding diaryl/α,β-unsaturated/α-hetero) is 1. The number of rotatable bonds is 14. The van der Waals surface area contributed by atoms with Crippen molar-refractivity contribution in [1.29, 1.82) is 0 Å². The molecule has 1 aliphatic heterocycles. The van der Waals surface area contributed by atoms with Gasteiger partial charge in [0.15, 0.2) is 0 Å². The molecule has 14 nitrogen and oxygen atoms in total. The Morgan fingerprint density at radius 2 is 1.64 bits per heavy atom. The van der Waals surface area contributed by atoms with E-state index in [0.29, 0.717) is 13.0 Å². The lowest BCUT2D eigenvalue weighted by Crippen LogP contribution is -2.62. The summed E-state index contributed by atoms with van der Waals surface area (Å²) in [4.78, 5) is 96.3. The SMILES string of the molecule is CCC[C@H](NC(=O)[C@@H]1[C@H]2CCC[C@H]2CN1C(=O)[C@@H](NC(=O)[C@@H](NC(=O)c1cnccn1)C1CCCCC1)C(C)(C)C)C(=O)C(=O)NCc1cccnc1. The molecule has 5 amide bonds. The Balaban J connectivity index is 1.34. The normalized spacial score (nSPS) is 21.8. The predicted octanol–water partition coefficient (Wildman–Crippen LogP) is 2.88. The molecule has 1 saturated heterocycles. The first kappa shape index (κ1) is 39.5. The summed E-state index contributed by atoms with van der Waals surface area (Å²) in [6.45, 7) is 7.90. The lowest BCUT2D eigenvalue weighted by molar-refractivity contribution is -0.146. The van der Waals surface area contributed by atoms with Crippen molar-refractivity contribution in [1.82, 2.24) is 41.1 Å². The summed E-state index contributed by atoms with van der Waals surface area (Å²) in [6.07, 6.45) is 15.2. The fraction of sp³-hybridized carbons (Fsp3) is 0.615. The molecular formula is C39H54N8O6. The van der Waals surface area contributed by atoms with E-state index < -0.39 is 64.9 Å². The summed E-state index contributed by atoms with van der Waals surface area (Å²) in [5.41, 5.74) is 0.0632. The molecule has 286 valence electrons. The molecule has 3 heterocycles. The molecule has 3 fully saturated rings. The second kappa shape index (κ2) is 17.8. The third-order valence-corrected chi connectivity index (χ3v) is 10.9. The molecular weight excluding hydrogens is 676 g/mol. The van der Waals surface area contributed by atoms with Crippen LogP contribution in [0.4, 0.5) is 0 Å². The minimum atomic E-state index is -1.06. The molecule has 0 spiro atoms. The molecule has 5 rings (SSSR count). The lowest BCUT2D eigenvalue weighted by Gasteiger charge is -2.38. The van der Waals surface area contributed by atoms with Crippen LogP contribution in [0.1, 0.15) is 108 Å². The van der Waals surface area contributed by atoms with Crippen LogP contribution in [0.3, 0.4) is 0 Å². The smallest absolute Gasteiger partial charge is 0.289 e. The molecule has 6 atom stereocenters. The van der Waals surface area contributed by atoms with Gasteiger partial charge in [-0.15, -0.1) is 0 Å². The molecule has 2 aliphatic carbocycles. The summed E-state index contributed by atoms with van der Waals surface area (Å²) in [7, 11) is 0. The highest BCUT2D eigenvalue weighted by Gasteiger charge is 2.52. The van der Waals surface area contributed by atoms with Crippen LogP contribution in [0, 0.1) is 23.2 Å². The average molecular weight is 731 g/mol. The van der Waals surface area contributed by atoms with E-state index in [1.165, 1.54) is 18.6 Å². The van der Waals surface area contributed by atoms with Gasteiger partial charge in [0.1, 0.15) is 23.8 Å². The molecule has 3 aliphatic rings. The van der Waals surface area contributed by atoms with Crippen molar-refractivity contribution in [3.8, 4) is 0 Å². The zero-order chi connectivity index (χ0) is 38.1. The van der Waals surface area contributed by atoms with E-state index in [-0.39, 0.29) is 36.4 Å². The van der Waals surface area contributed by atoms with Gasteiger partial charge in [0.2, 0.25) is 23.5 Å². The van der Waals surface area contributed by atoms with Gasteiger partial charge in [0, 0.05) is 37.9 Å². The molecule has 53 heavy (non-hydrogen) atoms. The molecule has 0 unspecified atom stereocenters. The molecule has 0 radical (unpaired) electrons. The van der Waals surface area contributed by atoms with Crippen LogP contribution in [0.15, 0.2) is 43.1 Å². The topological polar surface area (TPSA) is 192 Å². The fourth-order valence-electron chi connectivity index (χ4n) is 8.16. The quantitative estimate of drug-likeness (QED) is 0.212. The van der Waals surface area contributed by atoms with Crippen LogP contribution >= 0.6 is 0 Å². The first-order valence-corrected chi connectivity index (χ1v) is 19.1. The van der Waals surface area contributed by atoms with Crippen LogP contribution in [-0.2, 0) is 30.5 Å². The van der Waals surface area contributed by atoms with E-state index >= 15 is 0 Å². The van der Waals surface area contributed by atoms with Gasteiger partial charge >= 0.3 is 0 Å². The van der Waals surface area contributed by atoms with Crippen LogP contribution in [-0.4, -0.2) is 85.9 Å². The van der Waals surface area contributed by atoms with Crippen molar-refractivity contribution in [2.75, 3.05) is 6.54 Å². The van der Waals surface area contributed by atoms with Crippen LogP contribution in [0.5, 0.6) is 0 Å². The maximum Gasteiger partial charge on any atom is 0.289 e. The Morgan fingerprint density at radius 3 is 2.30 bits per heavy atom. The number of ketones is 1. The molecule has 2 aromatic heterocycles. The van der Waals surface area contributed by atoms with Gasteiger partial charge in [-0.2, -0.15) is 0 Å². The standard InChI is InChI=1S/C39H54N8O6/c1-5-11-28(32(48)37(52)43-21-24-12-10-17-40-20-24)44-36(51)31-27-16-9-15-26(27)23-47(31)38(53)33(39(2,3)4)46-35(50)30(25-13-7-6-8-14-25)45-34(49)29-22-41-18-19-42-29/h10,12,17-20,22,25-28,30-31,33H,5-9,11,13-16,21,23H2,1-4H3,(H,43,52)(H,44,51)(H,45,49)(H,46,50)/t26-,27-,28-,30-,31-,33+/m0/s1. The highest BCUT2D eigenvalue weighted by atomic mass is 16.2. The number of fused-ring (bicyclic) bond motifs is 1. The predicted molar refractivity (Wildman–Crippen MR) is 196 cm³/mol. The largest absolute Gasteiger partial charge is 0.345 e. The zero-order valence-corrected chi connectivity index (χ0v) is 31.3. The number of pyridine rings is 1. The van der Waals surface area contributed by atoms with Gasteiger partial charge in [0.25, 0.3) is 11.8 Å². The maximum atomic E-state index is 14.7. The highest BCUT2D eigenvalue weighted by Crippen LogP contribution is 2.43. The number of hydrogen-bond donors (Lipinski definition) is 4. The Bertz CT molecular complexity index is 1610. The first-order chi connectivity index (χ1) is 25.4. The van der Waals surface area contributed by atoms with E-state index in [2.05, 4.69) is 36.2 Å². The summed E-state index contributed by atoms with van der Waals surface area (Å²) in [5.74, 6) is -3.56. The second-order valence-electron chi connectivity index (χ2n) is 15.8. The van der Waals surface area contributed by atoms with Crippen molar-refractivity contribution < 1.29 is 28.8 Å². The third kappa shape index (κ3) is 9.82. The Kier molecular flexibility index (Phi) is 13.3. The van der Waals surface area contributed by atoms with Crippen LogP contribution < -0.4 is 21.3 Å². The van der Waals surface area contributed by atoms with Crippen molar-refractivity contribution >= 4 is 35.3 Å². The molecule has 2 saturated carbocycles. The minimum absolute atomic E-state index is 0.0906. The second-order valence-corrected chi connectivity index (χ2v) is 15.8. The number of hydrogen-bond acceptors (Lipinski definition) is 9. The highest BCUT2D eigenvalue weighted by molar-refractivity contribution is 6.38. The third-order valence-electron chi connectivity index (χ3n) is 10.9. The Hall–Kier alpha value is -4.75. The van der Waals surface area contributed by atoms with Gasteiger partial charge in [-0.3, -0.25) is 38.7 Å². The Labute approximate surface area is 311 Å². The number of amides is 5. The molecule has 2 aromatic rings. The van der Waals surface area contributed by atoms with E-state index in [9.17, 15) is 28.8 Å². The maximum absolute atomic E-state index is 14.7. The number of likely N-dealkylation sites (tertiary alicyclic amines) is 1. The number of carbonyl (C=O) groups excluding carboxylic acids is 6. The summed E-state index contributed by atoms with van der Waals surface area (Å²) < 4.78 is 0. The van der Waals surface area contributed by atoms with Gasteiger partial charge in [0.05, 0.1) is 12.2 Å². The zero-order valence-electron chi connectivity index (χ0n) is 31.3. The molecule has 14 heteroatoms. The number of nitrogens with one attached hydrogen (secondary N) is 4. The fourth-order valence-corrected chi connectivity index (χ4v) is 8.16. The molecule has 0 bridgehead atoms. The van der Waals surface area contributed by atoms with Crippen LogP contribution in [0.2, 0.25) is 0 Å². The Morgan fingerprint density at radius 1 is 0.887 bits per heavy atom. The van der Waals surface area contributed by atoms with Crippen molar-refractivity contribution in [3.05, 3.63) is 54.4 Å². The summed E-state index contributed by atoms with van der Waals surface area (Å²) in [6, 6.07) is -0.330. The number of aromatic nitrogens is 3. The van der Waals surface area contributed by atoms with Crippen molar-refractivity contribution in [2.45, 2.75) is 123 Å². The molecule has 0 aromatic carbocycles. The van der Waals surface area contributed by atoms with E-state index in [4.69, 9.17) is 0 Å². The number of nitrogens with zero attached hydrogens (tertiary/aromatic N) is 4. The monoisotopic (exact) mass is 730 g/mol.